The van der Waals surface area contributed by atoms with Crippen molar-refractivity contribution in [2.45, 2.75) is 19.4 Å². The molecule has 0 unspecified atom stereocenters. The van der Waals surface area contributed by atoms with Gasteiger partial charge in [-0.1, -0.05) is 0 Å². The summed E-state index contributed by atoms with van der Waals surface area (Å²) in [4.78, 5) is 12.3. The molecular weight excluding hydrogens is 301 g/mol. The van der Waals surface area contributed by atoms with Crippen molar-refractivity contribution in [2.75, 3.05) is 6.61 Å². The van der Waals surface area contributed by atoms with Crippen molar-refractivity contribution in [3.8, 4) is 17.2 Å². The van der Waals surface area contributed by atoms with E-state index in [0.29, 0.717) is 35.6 Å². The highest BCUT2D eigenvalue weighted by molar-refractivity contribution is 5.83. The number of fused-ring (bicyclic) bond motifs is 2. The topological polar surface area (TPSA) is 69.3 Å². The molecule has 3 heterocycles. The summed E-state index contributed by atoms with van der Waals surface area (Å²) in [6.07, 6.45) is 2.96. The maximum absolute atomic E-state index is 13.5. The van der Waals surface area contributed by atoms with Crippen molar-refractivity contribution in [2.24, 2.45) is 0 Å². The van der Waals surface area contributed by atoms with Gasteiger partial charge in [0, 0.05) is 18.7 Å². The lowest BCUT2D eigenvalue weighted by Gasteiger charge is -2.17. The number of benzene rings is 1. The van der Waals surface area contributed by atoms with Crippen LogP contribution in [-0.4, -0.2) is 26.1 Å². The lowest BCUT2D eigenvalue weighted by molar-refractivity contribution is 0.298. The summed E-state index contributed by atoms with van der Waals surface area (Å²) in [6, 6.07) is 5.36. The minimum Gasteiger partial charge on any atom is -0.507 e. The molecule has 3 aromatic rings. The van der Waals surface area contributed by atoms with Crippen LogP contribution in [0.3, 0.4) is 0 Å². The van der Waals surface area contributed by atoms with Crippen LogP contribution >= 0.6 is 0 Å². The van der Waals surface area contributed by atoms with Gasteiger partial charge < -0.3 is 9.84 Å². The average molecular weight is 315 g/mol. The van der Waals surface area contributed by atoms with Crippen molar-refractivity contribution >= 4 is 11.0 Å². The Morgan fingerprint density at radius 2 is 2.13 bits per heavy atom. The fraction of sp³-hybridized carbons (Fsp3) is 0.250. The lowest BCUT2D eigenvalue weighted by Crippen LogP contribution is -2.22. The highest BCUT2D eigenvalue weighted by Gasteiger charge is 2.19. The quantitative estimate of drug-likeness (QED) is 0.690. The Morgan fingerprint density at radius 1 is 1.26 bits per heavy atom. The van der Waals surface area contributed by atoms with Crippen molar-refractivity contribution < 1.29 is 14.2 Å². The van der Waals surface area contributed by atoms with Crippen LogP contribution in [0.2, 0.25) is 0 Å². The van der Waals surface area contributed by atoms with E-state index in [9.17, 15) is 14.3 Å². The summed E-state index contributed by atoms with van der Waals surface area (Å²) in [7, 11) is 0. The van der Waals surface area contributed by atoms with Crippen molar-refractivity contribution in [1.82, 2.24) is 14.3 Å². The number of nitrogens with zero attached hydrogens (tertiary/aromatic N) is 3. The monoisotopic (exact) mass is 315 g/mol. The molecule has 1 aliphatic rings. The second-order valence-corrected chi connectivity index (χ2v) is 5.48. The number of ether oxygens (including phenoxy) is 1. The third kappa shape index (κ3) is 2.16. The molecule has 7 heteroatoms. The van der Waals surface area contributed by atoms with E-state index in [1.54, 1.807) is 10.6 Å². The normalized spacial score (nSPS) is 14.3. The van der Waals surface area contributed by atoms with E-state index in [1.165, 1.54) is 29.1 Å². The Hall–Kier alpha value is -2.83. The minimum atomic E-state index is -0.405. The summed E-state index contributed by atoms with van der Waals surface area (Å²) in [5, 5.41) is 14.8. The second-order valence-electron chi connectivity index (χ2n) is 5.48. The van der Waals surface area contributed by atoms with Gasteiger partial charge in [-0.15, -0.1) is 0 Å². The van der Waals surface area contributed by atoms with E-state index in [0.717, 1.165) is 12.8 Å². The molecule has 0 fully saturated rings. The van der Waals surface area contributed by atoms with Gasteiger partial charge >= 0.3 is 0 Å². The van der Waals surface area contributed by atoms with Gasteiger partial charge in [0.25, 0.3) is 5.56 Å². The van der Waals surface area contributed by atoms with E-state index in [2.05, 4.69) is 5.10 Å². The Balaban J connectivity index is 2.10. The zero-order valence-electron chi connectivity index (χ0n) is 12.2. The molecule has 0 saturated heterocycles. The van der Waals surface area contributed by atoms with E-state index >= 15 is 0 Å². The molecule has 1 aromatic carbocycles. The van der Waals surface area contributed by atoms with Crippen LogP contribution in [0.15, 0.2) is 35.3 Å². The smallest absolute Gasteiger partial charge is 0.255 e. The maximum atomic E-state index is 13.5. The van der Waals surface area contributed by atoms with Gasteiger partial charge in [0.1, 0.15) is 28.7 Å². The first kappa shape index (κ1) is 13.8. The van der Waals surface area contributed by atoms with E-state index in [-0.39, 0.29) is 11.3 Å². The van der Waals surface area contributed by atoms with Crippen molar-refractivity contribution in [1.29, 1.82) is 0 Å². The first-order valence-corrected chi connectivity index (χ1v) is 7.38. The molecule has 0 aliphatic carbocycles. The summed E-state index contributed by atoms with van der Waals surface area (Å²) < 4.78 is 22.3. The van der Waals surface area contributed by atoms with E-state index in [1.807, 2.05) is 0 Å². The number of aryl methyl sites for hydroxylation is 1. The molecule has 118 valence electrons. The van der Waals surface area contributed by atoms with Crippen LogP contribution in [-0.2, 0) is 6.54 Å². The van der Waals surface area contributed by atoms with Gasteiger partial charge in [-0.3, -0.25) is 9.36 Å². The standard InChI is InChI=1S/C16H14FN3O3/c17-10-3-4-12-14(7-10)23-6-2-1-5-19-15(22)8-13(21)11-9-18-20(12)16(11)19/h3-4,7-9,21H,1-2,5-6H2. The molecule has 1 aliphatic heterocycles. The Morgan fingerprint density at radius 3 is 3.00 bits per heavy atom. The second kappa shape index (κ2) is 5.12. The molecule has 4 rings (SSSR count). The third-order valence-corrected chi connectivity index (χ3v) is 3.99. The summed E-state index contributed by atoms with van der Waals surface area (Å²) >= 11 is 0. The van der Waals surface area contributed by atoms with E-state index < -0.39 is 5.82 Å². The number of aromatic hydroxyl groups is 1. The summed E-state index contributed by atoms with van der Waals surface area (Å²) in [5.41, 5.74) is 0.720. The number of aromatic nitrogens is 3. The fourth-order valence-corrected chi connectivity index (χ4v) is 2.88. The third-order valence-electron chi connectivity index (χ3n) is 3.99. The van der Waals surface area contributed by atoms with Crippen molar-refractivity contribution in [3.05, 3.63) is 46.6 Å². The summed E-state index contributed by atoms with van der Waals surface area (Å²) in [5.74, 6) is -0.161. The number of halogens is 1. The van der Waals surface area contributed by atoms with Gasteiger partial charge in [-0.2, -0.15) is 5.10 Å². The fourth-order valence-electron chi connectivity index (χ4n) is 2.88. The molecule has 0 amide bonds. The largest absolute Gasteiger partial charge is 0.507 e. The average Bonchev–Trinajstić information content (AvgIpc) is 2.95. The molecule has 0 saturated carbocycles. The highest BCUT2D eigenvalue weighted by Crippen LogP contribution is 2.30. The first-order chi connectivity index (χ1) is 11.1. The SMILES string of the molecule is O=c1cc(O)c2cnn3c2n1CCCCOc1cc(F)ccc1-3. The molecule has 0 spiro atoms. The van der Waals surface area contributed by atoms with Crippen LogP contribution in [0, 0.1) is 5.82 Å². The van der Waals surface area contributed by atoms with Gasteiger partial charge in [0.15, 0.2) is 0 Å². The Bertz CT molecular complexity index is 961. The Labute approximate surface area is 130 Å². The zero-order chi connectivity index (χ0) is 16.0. The molecule has 2 aromatic heterocycles. The zero-order valence-corrected chi connectivity index (χ0v) is 12.2. The van der Waals surface area contributed by atoms with E-state index in [4.69, 9.17) is 4.74 Å². The molecule has 0 radical (unpaired) electrons. The van der Waals surface area contributed by atoms with Crippen LogP contribution in [0.1, 0.15) is 12.8 Å². The van der Waals surface area contributed by atoms with Gasteiger partial charge in [0.05, 0.1) is 18.2 Å². The predicted octanol–water partition coefficient (Wildman–Crippen LogP) is 2.20. The number of rotatable bonds is 0. The minimum absolute atomic E-state index is 0.117. The molecule has 1 N–H and O–H groups in total. The predicted molar refractivity (Wildman–Crippen MR) is 81.7 cm³/mol. The maximum Gasteiger partial charge on any atom is 0.255 e. The van der Waals surface area contributed by atoms with Gasteiger partial charge in [0.2, 0.25) is 0 Å². The lowest BCUT2D eigenvalue weighted by atomic mass is 10.2. The Kier molecular flexibility index (Phi) is 3.07. The molecule has 6 nitrogen and oxygen atoms in total. The highest BCUT2D eigenvalue weighted by atomic mass is 19.1. The van der Waals surface area contributed by atoms with Crippen molar-refractivity contribution in [3.63, 3.8) is 0 Å². The van der Waals surface area contributed by atoms with Crippen LogP contribution < -0.4 is 10.3 Å². The van der Waals surface area contributed by atoms with Crippen LogP contribution in [0.5, 0.6) is 11.5 Å². The number of hydrogen-bond donors (Lipinski definition) is 1. The van der Waals surface area contributed by atoms with Gasteiger partial charge in [-0.05, 0) is 25.0 Å². The summed E-state index contributed by atoms with van der Waals surface area (Å²) in [6.45, 7) is 0.935. The van der Waals surface area contributed by atoms with Gasteiger partial charge in [-0.25, -0.2) is 9.07 Å². The molecular formula is C16H14FN3O3. The van der Waals surface area contributed by atoms with Crippen LogP contribution in [0.4, 0.5) is 4.39 Å². The first-order valence-electron chi connectivity index (χ1n) is 7.38. The molecule has 0 atom stereocenters. The van der Waals surface area contributed by atoms with Crippen LogP contribution in [0.25, 0.3) is 16.7 Å². The number of hydrogen-bond acceptors (Lipinski definition) is 4. The number of pyridine rings is 1. The molecule has 23 heavy (non-hydrogen) atoms. The molecule has 0 bridgehead atoms.